The fourth-order valence-electron chi connectivity index (χ4n) is 3.29. The molecule has 3 heterocycles. The highest BCUT2D eigenvalue weighted by molar-refractivity contribution is 7.91. The van der Waals surface area contributed by atoms with Crippen LogP contribution in [-0.2, 0) is 16.4 Å². The van der Waals surface area contributed by atoms with Crippen molar-refractivity contribution in [3.63, 3.8) is 0 Å². The van der Waals surface area contributed by atoms with Gasteiger partial charge in [-0.1, -0.05) is 24.3 Å². The summed E-state index contributed by atoms with van der Waals surface area (Å²) in [5.41, 5.74) is 1.54. The van der Waals surface area contributed by atoms with E-state index in [1.165, 1.54) is 12.1 Å². The van der Waals surface area contributed by atoms with Gasteiger partial charge in [0.1, 0.15) is 13.2 Å². The fraction of sp³-hybridized carbons (Fsp3) is 0.130. The van der Waals surface area contributed by atoms with Crippen LogP contribution in [0.15, 0.2) is 87.4 Å². The van der Waals surface area contributed by atoms with Crippen molar-refractivity contribution in [2.45, 2.75) is 16.5 Å². The molecular formula is C23H19N3O5S. The summed E-state index contributed by atoms with van der Waals surface area (Å²) in [6, 6.07) is 17.3. The van der Waals surface area contributed by atoms with Gasteiger partial charge in [-0.15, -0.1) is 0 Å². The van der Waals surface area contributed by atoms with Crippen LogP contribution in [-0.4, -0.2) is 31.6 Å². The van der Waals surface area contributed by atoms with Crippen molar-refractivity contribution in [2.24, 2.45) is 0 Å². The van der Waals surface area contributed by atoms with Gasteiger partial charge in [0.05, 0.1) is 4.90 Å². The van der Waals surface area contributed by atoms with Crippen LogP contribution in [0.2, 0.25) is 0 Å². The Morgan fingerprint density at radius 1 is 0.938 bits per heavy atom. The number of oxazole rings is 1. The largest absolute Gasteiger partial charge is 0.486 e. The lowest BCUT2D eigenvalue weighted by atomic mass is 10.2. The minimum Gasteiger partial charge on any atom is -0.486 e. The number of aromatic nitrogens is 2. The van der Waals surface area contributed by atoms with Crippen LogP contribution in [0.4, 0.5) is 5.88 Å². The Bertz CT molecular complexity index is 1340. The van der Waals surface area contributed by atoms with Crippen molar-refractivity contribution in [2.75, 3.05) is 18.5 Å². The first-order valence-corrected chi connectivity index (χ1v) is 11.4. The van der Waals surface area contributed by atoms with Gasteiger partial charge in [-0.2, -0.15) is 4.98 Å². The third-order valence-electron chi connectivity index (χ3n) is 4.87. The molecule has 0 fully saturated rings. The molecule has 1 aliphatic rings. The van der Waals surface area contributed by atoms with Crippen LogP contribution in [0.5, 0.6) is 11.5 Å². The zero-order valence-corrected chi connectivity index (χ0v) is 17.7. The van der Waals surface area contributed by atoms with Crippen molar-refractivity contribution in [1.82, 2.24) is 9.97 Å². The zero-order chi connectivity index (χ0) is 22.0. The highest BCUT2D eigenvalue weighted by Crippen LogP contribution is 2.37. The van der Waals surface area contributed by atoms with Crippen molar-refractivity contribution in [3.8, 4) is 23.0 Å². The quantitative estimate of drug-likeness (QED) is 0.472. The van der Waals surface area contributed by atoms with Gasteiger partial charge in [0, 0.05) is 30.6 Å². The van der Waals surface area contributed by atoms with Crippen molar-refractivity contribution < 1.29 is 22.3 Å². The second kappa shape index (κ2) is 8.35. The number of nitrogens with one attached hydrogen (secondary N) is 1. The molecule has 2 aromatic heterocycles. The molecule has 32 heavy (non-hydrogen) atoms. The first kappa shape index (κ1) is 20.1. The van der Waals surface area contributed by atoms with E-state index in [1.807, 2.05) is 24.3 Å². The van der Waals surface area contributed by atoms with Gasteiger partial charge < -0.3 is 19.2 Å². The molecule has 1 N–H and O–H groups in total. The van der Waals surface area contributed by atoms with Gasteiger partial charge in [0.15, 0.2) is 11.5 Å². The molecule has 0 spiro atoms. The number of pyridine rings is 1. The average molecular weight is 449 g/mol. The first-order chi connectivity index (χ1) is 15.6. The molecule has 0 atom stereocenters. The van der Waals surface area contributed by atoms with E-state index in [1.54, 1.807) is 36.7 Å². The van der Waals surface area contributed by atoms with Crippen LogP contribution in [0.1, 0.15) is 5.56 Å². The summed E-state index contributed by atoms with van der Waals surface area (Å²) in [4.78, 5) is 8.47. The van der Waals surface area contributed by atoms with E-state index in [2.05, 4.69) is 15.3 Å². The Morgan fingerprint density at radius 2 is 1.75 bits per heavy atom. The Kier molecular flexibility index (Phi) is 5.24. The average Bonchev–Trinajstić information content (AvgIpc) is 3.29. The van der Waals surface area contributed by atoms with Crippen LogP contribution >= 0.6 is 0 Å². The molecular weight excluding hydrogens is 430 g/mol. The minimum absolute atomic E-state index is 0.0408. The number of benzene rings is 2. The molecule has 0 amide bonds. The van der Waals surface area contributed by atoms with Gasteiger partial charge in [0.2, 0.25) is 26.6 Å². The number of sulfone groups is 1. The van der Waals surface area contributed by atoms with E-state index in [0.717, 1.165) is 5.56 Å². The maximum Gasteiger partial charge on any atom is 0.234 e. The smallest absolute Gasteiger partial charge is 0.234 e. The normalized spacial score (nSPS) is 13.0. The van der Waals surface area contributed by atoms with E-state index in [4.69, 9.17) is 13.9 Å². The second-order valence-electron chi connectivity index (χ2n) is 7.04. The lowest BCUT2D eigenvalue weighted by Crippen LogP contribution is -2.16. The third kappa shape index (κ3) is 3.90. The van der Waals surface area contributed by atoms with Gasteiger partial charge in [-0.3, -0.25) is 4.98 Å². The SMILES string of the molecule is O=S(=O)(c1ccc2c(c1)OCCO2)c1nc(-c2ccccc2)oc1NCc1cccnc1. The van der Waals surface area contributed by atoms with Crippen molar-refractivity contribution in [3.05, 3.63) is 78.6 Å². The third-order valence-corrected chi connectivity index (χ3v) is 6.53. The standard InChI is InChI=1S/C23H19N3O5S/c27-32(28,18-8-9-19-20(13-18)30-12-11-29-19)23-22(25-15-16-5-4-10-24-14-16)31-21(26-23)17-6-2-1-3-7-17/h1-10,13-14,25H,11-12,15H2. The lowest BCUT2D eigenvalue weighted by molar-refractivity contribution is 0.171. The number of fused-ring (bicyclic) bond motifs is 1. The maximum atomic E-state index is 13.5. The van der Waals surface area contributed by atoms with Gasteiger partial charge in [0.25, 0.3) is 0 Å². The topological polar surface area (TPSA) is 104 Å². The number of rotatable bonds is 6. The Morgan fingerprint density at radius 3 is 2.53 bits per heavy atom. The molecule has 0 saturated carbocycles. The monoisotopic (exact) mass is 449 g/mol. The molecule has 2 aromatic carbocycles. The molecule has 0 bridgehead atoms. The summed E-state index contributed by atoms with van der Waals surface area (Å²) in [6.07, 6.45) is 3.36. The Balaban J connectivity index is 1.55. The van der Waals surface area contributed by atoms with Crippen molar-refractivity contribution >= 4 is 15.7 Å². The molecule has 162 valence electrons. The van der Waals surface area contributed by atoms with E-state index in [0.29, 0.717) is 36.8 Å². The van der Waals surface area contributed by atoms with Crippen LogP contribution in [0.25, 0.3) is 11.5 Å². The molecule has 0 saturated heterocycles. The first-order valence-electron chi connectivity index (χ1n) is 9.95. The van der Waals surface area contributed by atoms with Gasteiger partial charge in [-0.05, 0) is 35.9 Å². The van der Waals surface area contributed by atoms with E-state index in [-0.39, 0.29) is 21.7 Å². The van der Waals surface area contributed by atoms with E-state index >= 15 is 0 Å². The molecule has 4 aromatic rings. The van der Waals surface area contributed by atoms with Crippen molar-refractivity contribution in [1.29, 1.82) is 0 Å². The molecule has 1 aliphatic heterocycles. The van der Waals surface area contributed by atoms with Gasteiger partial charge >= 0.3 is 0 Å². The summed E-state index contributed by atoms with van der Waals surface area (Å²) in [6.45, 7) is 1.10. The number of nitrogens with zero attached hydrogens (tertiary/aromatic N) is 2. The summed E-state index contributed by atoms with van der Waals surface area (Å²) in [5, 5.41) is 2.86. The summed E-state index contributed by atoms with van der Waals surface area (Å²) in [5.74, 6) is 1.15. The minimum atomic E-state index is -4.01. The Labute approximate surface area is 184 Å². The maximum absolute atomic E-state index is 13.5. The zero-order valence-electron chi connectivity index (χ0n) is 16.9. The molecule has 0 aliphatic carbocycles. The molecule has 0 radical (unpaired) electrons. The van der Waals surface area contributed by atoms with Crippen LogP contribution < -0.4 is 14.8 Å². The van der Waals surface area contributed by atoms with Crippen LogP contribution in [0, 0.1) is 0 Å². The van der Waals surface area contributed by atoms with Gasteiger partial charge in [-0.25, -0.2) is 8.42 Å². The number of ether oxygens (including phenoxy) is 2. The van der Waals surface area contributed by atoms with E-state index in [9.17, 15) is 8.42 Å². The predicted molar refractivity (Wildman–Crippen MR) is 116 cm³/mol. The Hall–Kier alpha value is -3.85. The second-order valence-corrected chi connectivity index (χ2v) is 8.91. The predicted octanol–water partition coefficient (Wildman–Crippen LogP) is 3.95. The summed E-state index contributed by atoms with van der Waals surface area (Å²) in [7, 11) is -4.01. The molecule has 9 heteroatoms. The molecule has 5 rings (SSSR count). The lowest BCUT2D eigenvalue weighted by Gasteiger charge is -2.18. The number of anilines is 1. The van der Waals surface area contributed by atoms with Crippen LogP contribution in [0.3, 0.4) is 0 Å². The highest BCUT2D eigenvalue weighted by atomic mass is 32.2. The fourth-order valence-corrected chi connectivity index (χ4v) is 4.59. The number of hydrogen-bond donors (Lipinski definition) is 1. The highest BCUT2D eigenvalue weighted by Gasteiger charge is 2.30. The summed E-state index contributed by atoms with van der Waals surface area (Å²) >= 11 is 0. The van der Waals surface area contributed by atoms with E-state index < -0.39 is 9.84 Å². The molecule has 8 nitrogen and oxygen atoms in total. The summed E-state index contributed by atoms with van der Waals surface area (Å²) < 4.78 is 44.0. The molecule has 0 unspecified atom stereocenters. The number of hydrogen-bond acceptors (Lipinski definition) is 8.